The molecule has 16 heavy (non-hydrogen) atoms. The van der Waals surface area contributed by atoms with Crippen molar-refractivity contribution in [3.63, 3.8) is 0 Å². The van der Waals surface area contributed by atoms with E-state index in [2.05, 4.69) is 10.3 Å². The highest BCUT2D eigenvalue weighted by Gasteiger charge is 2.17. The Bertz CT molecular complexity index is 351. The van der Waals surface area contributed by atoms with Gasteiger partial charge in [0.2, 0.25) is 0 Å². The predicted octanol–water partition coefficient (Wildman–Crippen LogP) is 1.97. The van der Waals surface area contributed by atoms with Crippen molar-refractivity contribution in [2.45, 2.75) is 32.8 Å². The summed E-state index contributed by atoms with van der Waals surface area (Å²) in [5, 5.41) is 13.1. The highest BCUT2D eigenvalue weighted by molar-refractivity contribution is 5.56. The molecule has 1 aromatic rings. The molecule has 0 amide bonds. The first-order chi connectivity index (χ1) is 7.48. The average Bonchev–Trinajstić information content (AvgIpc) is 2.27. The van der Waals surface area contributed by atoms with Crippen LogP contribution in [0.15, 0.2) is 12.3 Å². The van der Waals surface area contributed by atoms with Crippen molar-refractivity contribution in [1.29, 1.82) is 0 Å². The van der Waals surface area contributed by atoms with E-state index in [0.717, 1.165) is 11.4 Å². The van der Waals surface area contributed by atoms with E-state index >= 15 is 0 Å². The summed E-state index contributed by atoms with van der Waals surface area (Å²) in [6.07, 6.45) is 2.38. The molecule has 1 aromatic heterocycles. The smallest absolute Gasteiger partial charge is 0.160 e. The molecule has 0 aromatic carbocycles. The zero-order chi connectivity index (χ0) is 12.2. The van der Waals surface area contributed by atoms with E-state index in [0.29, 0.717) is 18.7 Å². The molecule has 1 heterocycles. The van der Waals surface area contributed by atoms with Crippen LogP contribution < -0.4 is 10.1 Å². The lowest BCUT2D eigenvalue weighted by Gasteiger charge is -2.23. The first-order valence-electron chi connectivity index (χ1n) is 5.45. The molecular weight excluding hydrogens is 204 g/mol. The lowest BCUT2D eigenvalue weighted by molar-refractivity contribution is 0.0697. The molecule has 4 nitrogen and oxygen atoms in total. The first kappa shape index (κ1) is 12.8. The van der Waals surface area contributed by atoms with Crippen molar-refractivity contribution in [3.8, 4) is 5.75 Å². The Balaban J connectivity index is 2.76. The number of pyridine rings is 1. The summed E-state index contributed by atoms with van der Waals surface area (Å²) in [6, 6.07) is 1.91. The maximum Gasteiger partial charge on any atom is 0.160 e. The summed E-state index contributed by atoms with van der Waals surface area (Å²) in [6.45, 7) is 6.17. The molecule has 0 spiro atoms. The highest BCUT2D eigenvalue weighted by Crippen LogP contribution is 2.24. The number of hydrogen-bond acceptors (Lipinski definition) is 4. The van der Waals surface area contributed by atoms with Crippen LogP contribution in [0.3, 0.4) is 0 Å². The minimum Gasteiger partial charge on any atom is -0.493 e. The minimum absolute atomic E-state index is 0.489. The van der Waals surface area contributed by atoms with E-state index in [1.54, 1.807) is 20.2 Å². The van der Waals surface area contributed by atoms with E-state index < -0.39 is 5.60 Å². The second-order valence-electron chi connectivity index (χ2n) is 4.23. The zero-order valence-corrected chi connectivity index (χ0v) is 10.4. The zero-order valence-electron chi connectivity index (χ0n) is 10.4. The lowest BCUT2D eigenvalue weighted by Crippen LogP contribution is -2.32. The largest absolute Gasteiger partial charge is 0.493 e. The molecular formula is C12H20N2O2. The van der Waals surface area contributed by atoms with E-state index in [-0.39, 0.29) is 0 Å². The molecule has 0 saturated carbocycles. The Morgan fingerprint density at radius 1 is 1.56 bits per heavy atom. The normalized spacial score (nSPS) is 14.3. The Morgan fingerprint density at radius 3 is 2.81 bits per heavy atom. The number of nitrogens with zero attached hydrogens (tertiary/aromatic N) is 1. The molecule has 0 radical (unpaired) electrons. The second-order valence-corrected chi connectivity index (χ2v) is 4.23. The number of anilines is 1. The summed E-state index contributed by atoms with van der Waals surface area (Å²) in [5.74, 6) is 0.692. The summed E-state index contributed by atoms with van der Waals surface area (Å²) in [4.78, 5) is 4.15. The van der Waals surface area contributed by atoms with Gasteiger partial charge in [-0.05, 0) is 26.3 Å². The first-order valence-corrected chi connectivity index (χ1v) is 5.45. The van der Waals surface area contributed by atoms with E-state index in [1.165, 1.54) is 0 Å². The van der Waals surface area contributed by atoms with Gasteiger partial charge in [0.25, 0.3) is 0 Å². The topological polar surface area (TPSA) is 54.4 Å². The Morgan fingerprint density at radius 2 is 2.25 bits per heavy atom. The van der Waals surface area contributed by atoms with Crippen LogP contribution in [0.5, 0.6) is 5.75 Å². The van der Waals surface area contributed by atoms with Crippen molar-refractivity contribution in [2.75, 3.05) is 19.0 Å². The molecule has 90 valence electrons. The quantitative estimate of drug-likeness (QED) is 0.803. The fraction of sp³-hybridized carbons (Fsp3) is 0.583. The number of aromatic nitrogens is 1. The molecule has 0 bridgehead atoms. The lowest BCUT2D eigenvalue weighted by atomic mass is 10.0. The summed E-state index contributed by atoms with van der Waals surface area (Å²) >= 11 is 0. The molecule has 4 heteroatoms. The van der Waals surface area contributed by atoms with Crippen LogP contribution in [0, 0.1) is 6.92 Å². The van der Waals surface area contributed by atoms with E-state index in [1.807, 2.05) is 19.9 Å². The van der Waals surface area contributed by atoms with Crippen molar-refractivity contribution < 1.29 is 9.84 Å². The fourth-order valence-electron chi connectivity index (χ4n) is 1.26. The van der Waals surface area contributed by atoms with Gasteiger partial charge < -0.3 is 15.2 Å². The second kappa shape index (κ2) is 5.16. The number of nitrogens with one attached hydrogen (secondary N) is 1. The summed E-state index contributed by atoms with van der Waals surface area (Å²) < 4.78 is 5.19. The van der Waals surface area contributed by atoms with Crippen LogP contribution in [0.25, 0.3) is 0 Å². The number of hydrogen-bond donors (Lipinski definition) is 2. The fourth-order valence-corrected chi connectivity index (χ4v) is 1.26. The van der Waals surface area contributed by atoms with Crippen molar-refractivity contribution in [3.05, 3.63) is 18.0 Å². The van der Waals surface area contributed by atoms with Crippen molar-refractivity contribution >= 4 is 5.69 Å². The Labute approximate surface area is 96.7 Å². The monoisotopic (exact) mass is 224 g/mol. The van der Waals surface area contributed by atoms with Crippen LogP contribution in [-0.4, -0.2) is 29.3 Å². The van der Waals surface area contributed by atoms with E-state index in [9.17, 15) is 5.11 Å². The highest BCUT2D eigenvalue weighted by atomic mass is 16.5. The van der Waals surface area contributed by atoms with Crippen molar-refractivity contribution in [2.24, 2.45) is 0 Å². The third kappa shape index (κ3) is 3.38. The van der Waals surface area contributed by atoms with Gasteiger partial charge in [0.05, 0.1) is 24.6 Å². The van der Waals surface area contributed by atoms with Crippen LogP contribution in [-0.2, 0) is 0 Å². The van der Waals surface area contributed by atoms with Gasteiger partial charge in [-0.25, -0.2) is 0 Å². The average molecular weight is 224 g/mol. The number of ether oxygens (including phenoxy) is 1. The number of rotatable bonds is 5. The molecule has 1 rings (SSSR count). The molecule has 0 aliphatic rings. The minimum atomic E-state index is -0.706. The molecule has 1 unspecified atom stereocenters. The molecule has 1 atom stereocenters. The van der Waals surface area contributed by atoms with Gasteiger partial charge in [0.15, 0.2) is 5.75 Å². The molecule has 2 N–H and O–H groups in total. The standard InChI is InChI=1S/C12H20N2O2/c1-5-12(3,15)8-14-10-6-9(2)13-7-11(10)16-4/h6-7,15H,5,8H2,1-4H3,(H,13,14). The van der Waals surface area contributed by atoms with Gasteiger partial charge in [-0.1, -0.05) is 6.92 Å². The van der Waals surface area contributed by atoms with Crippen LogP contribution in [0.2, 0.25) is 0 Å². The van der Waals surface area contributed by atoms with E-state index in [4.69, 9.17) is 4.74 Å². The SMILES string of the molecule is CCC(C)(O)CNc1cc(C)ncc1OC. The van der Waals surface area contributed by atoms with Gasteiger partial charge in [-0.3, -0.25) is 4.98 Å². The number of aryl methyl sites for hydroxylation is 1. The van der Waals surface area contributed by atoms with Crippen LogP contribution in [0.4, 0.5) is 5.69 Å². The Kier molecular flexibility index (Phi) is 4.12. The number of methoxy groups -OCH3 is 1. The molecule has 0 aliphatic heterocycles. The molecule has 0 saturated heterocycles. The van der Waals surface area contributed by atoms with Crippen LogP contribution >= 0.6 is 0 Å². The van der Waals surface area contributed by atoms with Gasteiger partial charge in [0, 0.05) is 12.2 Å². The third-order valence-electron chi connectivity index (χ3n) is 2.65. The van der Waals surface area contributed by atoms with Gasteiger partial charge in [-0.2, -0.15) is 0 Å². The predicted molar refractivity (Wildman–Crippen MR) is 64.9 cm³/mol. The van der Waals surface area contributed by atoms with Crippen molar-refractivity contribution in [1.82, 2.24) is 4.98 Å². The number of aliphatic hydroxyl groups is 1. The van der Waals surface area contributed by atoms with Gasteiger partial charge >= 0.3 is 0 Å². The Hall–Kier alpha value is -1.29. The molecule has 0 aliphatic carbocycles. The summed E-state index contributed by atoms with van der Waals surface area (Å²) in [5.41, 5.74) is 1.07. The van der Waals surface area contributed by atoms with Gasteiger partial charge in [0.1, 0.15) is 0 Å². The maximum atomic E-state index is 9.90. The summed E-state index contributed by atoms with van der Waals surface area (Å²) in [7, 11) is 1.61. The van der Waals surface area contributed by atoms with Gasteiger partial charge in [-0.15, -0.1) is 0 Å². The molecule has 0 fully saturated rings. The van der Waals surface area contributed by atoms with Crippen LogP contribution in [0.1, 0.15) is 26.0 Å². The third-order valence-corrected chi connectivity index (χ3v) is 2.65. The maximum absolute atomic E-state index is 9.90.